The topological polar surface area (TPSA) is 119 Å². The lowest BCUT2D eigenvalue weighted by atomic mass is 10.1. The molecule has 1 aromatic rings. The van der Waals surface area contributed by atoms with Crippen LogP contribution in [0.3, 0.4) is 0 Å². The number of hydrogen-bond acceptors (Lipinski definition) is 5. The monoisotopic (exact) mass is 282 g/mol. The molecular weight excluding hydrogens is 268 g/mol. The Balaban J connectivity index is 3.01. The lowest BCUT2D eigenvalue weighted by Gasteiger charge is -2.12. The minimum atomic E-state index is -1.07. The van der Waals surface area contributed by atoms with Gasteiger partial charge >= 0.3 is 5.97 Å². The van der Waals surface area contributed by atoms with E-state index in [1.165, 1.54) is 26.2 Å². The summed E-state index contributed by atoms with van der Waals surface area (Å²) in [6.45, 7) is 1.50. The van der Waals surface area contributed by atoms with E-state index < -0.39 is 22.8 Å². The number of nitro benzene ring substituents is 1. The summed E-state index contributed by atoms with van der Waals surface area (Å²) in [6, 6.07) is 3.12. The number of carboxylic acids is 1. The van der Waals surface area contributed by atoms with Crippen molar-refractivity contribution in [2.24, 2.45) is 0 Å². The number of nitrogens with one attached hydrogen (secondary N) is 1. The maximum Gasteiger partial charge on any atom is 0.305 e. The Labute approximate surface area is 114 Å². The number of nitro groups is 1. The first kappa shape index (κ1) is 15.4. The van der Waals surface area contributed by atoms with Gasteiger partial charge in [-0.1, -0.05) is 0 Å². The SMILES string of the molecule is COc1ccc([N+](=O)[O-])c(C(=O)NC(C)CC(=O)O)c1. The van der Waals surface area contributed by atoms with Crippen molar-refractivity contribution in [3.63, 3.8) is 0 Å². The third-order valence-corrected chi connectivity index (χ3v) is 2.50. The first-order valence-electron chi connectivity index (χ1n) is 5.70. The van der Waals surface area contributed by atoms with Crippen molar-refractivity contribution < 1.29 is 24.4 Å². The molecule has 0 spiro atoms. The zero-order valence-corrected chi connectivity index (χ0v) is 11.0. The fourth-order valence-electron chi connectivity index (χ4n) is 1.60. The van der Waals surface area contributed by atoms with E-state index >= 15 is 0 Å². The number of carboxylic acid groups (broad SMARTS) is 1. The highest BCUT2D eigenvalue weighted by Gasteiger charge is 2.22. The second-order valence-corrected chi connectivity index (χ2v) is 4.11. The number of rotatable bonds is 6. The smallest absolute Gasteiger partial charge is 0.305 e. The van der Waals surface area contributed by atoms with Gasteiger partial charge in [0, 0.05) is 12.1 Å². The number of hydrogen-bond donors (Lipinski definition) is 2. The summed E-state index contributed by atoms with van der Waals surface area (Å²) in [4.78, 5) is 32.7. The fraction of sp³-hybridized carbons (Fsp3) is 0.333. The van der Waals surface area contributed by atoms with E-state index in [0.29, 0.717) is 5.75 Å². The van der Waals surface area contributed by atoms with Crippen LogP contribution in [0.1, 0.15) is 23.7 Å². The number of methoxy groups -OCH3 is 1. The summed E-state index contributed by atoms with van der Waals surface area (Å²) in [5.74, 6) is -1.49. The molecule has 2 N–H and O–H groups in total. The summed E-state index contributed by atoms with van der Waals surface area (Å²) >= 11 is 0. The summed E-state index contributed by atoms with van der Waals surface area (Å²) in [7, 11) is 1.37. The van der Waals surface area contributed by atoms with Crippen LogP contribution in [0.15, 0.2) is 18.2 Å². The van der Waals surface area contributed by atoms with Crippen molar-refractivity contribution in [1.29, 1.82) is 0 Å². The molecule has 1 amide bonds. The Bertz CT molecular complexity index is 543. The molecule has 1 aromatic carbocycles. The van der Waals surface area contributed by atoms with Crippen molar-refractivity contribution in [2.45, 2.75) is 19.4 Å². The van der Waals surface area contributed by atoms with Gasteiger partial charge in [-0.25, -0.2) is 0 Å². The molecule has 8 heteroatoms. The van der Waals surface area contributed by atoms with E-state index in [1.807, 2.05) is 0 Å². The first-order chi connectivity index (χ1) is 9.35. The molecule has 0 bridgehead atoms. The number of nitrogens with zero attached hydrogens (tertiary/aromatic N) is 1. The maximum absolute atomic E-state index is 12.0. The summed E-state index contributed by atoms with van der Waals surface area (Å²) in [6.07, 6.45) is -0.274. The molecule has 0 aliphatic heterocycles. The molecule has 20 heavy (non-hydrogen) atoms. The lowest BCUT2D eigenvalue weighted by molar-refractivity contribution is -0.385. The van der Waals surface area contributed by atoms with Crippen LogP contribution >= 0.6 is 0 Å². The quantitative estimate of drug-likeness (QED) is 0.597. The average Bonchev–Trinajstić information content (AvgIpc) is 2.36. The van der Waals surface area contributed by atoms with Crippen LogP contribution in [0.2, 0.25) is 0 Å². The van der Waals surface area contributed by atoms with Gasteiger partial charge in [-0.2, -0.15) is 0 Å². The van der Waals surface area contributed by atoms with Gasteiger partial charge in [0.05, 0.1) is 18.5 Å². The maximum atomic E-state index is 12.0. The van der Waals surface area contributed by atoms with Gasteiger partial charge in [0.2, 0.25) is 0 Å². The van der Waals surface area contributed by atoms with Crippen LogP contribution in [0.4, 0.5) is 5.69 Å². The van der Waals surface area contributed by atoms with Crippen LogP contribution < -0.4 is 10.1 Å². The zero-order valence-electron chi connectivity index (χ0n) is 11.0. The van der Waals surface area contributed by atoms with Gasteiger partial charge in [-0.05, 0) is 19.1 Å². The average molecular weight is 282 g/mol. The summed E-state index contributed by atoms with van der Waals surface area (Å²) in [5, 5.41) is 21.9. The number of benzene rings is 1. The van der Waals surface area contributed by atoms with Crippen LogP contribution in [-0.2, 0) is 4.79 Å². The molecule has 0 fully saturated rings. The normalized spacial score (nSPS) is 11.5. The van der Waals surface area contributed by atoms with Crippen LogP contribution in [0.5, 0.6) is 5.75 Å². The van der Waals surface area contributed by atoms with E-state index in [2.05, 4.69) is 5.32 Å². The van der Waals surface area contributed by atoms with E-state index in [1.54, 1.807) is 0 Å². The Morgan fingerprint density at radius 1 is 1.50 bits per heavy atom. The molecule has 0 saturated carbocycles. The molecule has 1 rings (SSSR count). The lowest BCUT2D eigenvalue weighted by Crippen LogP contribution is -2.34. The molecule has 0 aliphatic carbocycles. The zero-order chi connectivity index (χ0) is 15.3. The third kappa shape index (κ3) is 3.94. The van der Waals surface area contributed by atoms with Crippen molar-refractivity contribution in [1.82, 2.24) is 5.32 Å². The molecule has 0 saturated heterocycles. The molecule has 1 atom stereocenters. The van der Waals surface area contributed by atoms with Crippen molar-refractivity contribution >= 4 is 17.6 Å². The highest BCUT2D eigenvalue weighted by molar-refractivity contribution is 5.98. The van der Waals surface area contributed by atoms with E-state index in [-0.39, 0.29) is 17.7 Å². The Morgan fingerprint density at radius 3 is 2.65 bits per heavy atom. The minimum Gasteiger partial charge on any atom is -0.497 e. The van der Waals surface area contributed by atoms with Gasteiger partial charge in [-0.3, -0.25) is 19.7 Å². The van der Waals surface area contributed by atoms with Crippen molar-refractivity contribution in [2.75, 3.05) is 7.11 Å². The Hall–Kier alpha value is -2.64. The molecule has 0 aliphatic rings. The van der Waals surface area contributed by atoms with Gasteiger partial charge in [0.15, 0.2) is 0 Å². The number of ether oxygens (including phenoxy) is 1. The second-order valence-electron chi connectivity index (χ2n) is 4.11. The van der Waals surface area contributed by atoms with E-state index in [0.717, 1.165) is 6.07 Å². The first-order valence-corrected chi connectivity index (χ1v) is 5.70. The largest absolute Gasteiger partial charge is 0.497 e. The molecule has 1 unspecified atom stereocenters. The molecule has 0 aromatic heterocycles. The Kier molecular flexibility index (Phi) is 5.01. The second kappa shape index (κ2) is 6.50. The van der Waals surface area contributed by atoms with Crippen molar-refractivity contribution in [3.05, 3.63) is 33.9 Å². The number of carbonyl (C=O) groups is 2. The van der Waals surface area contributed by atoms with Crippen LogP contribution in [0.25, 0.3) is 0 Å². The molecule has 0 heterocycles. The molecule has 108 valence electrons. The van der Waals surface area contributed by atoms with Gasteiger partial charge in [0.25, 0.3) is 11.6 Å². The number of carbonyl (C=O) groups excluding carboxylic acids is 1. The number of aliphatic carboxylic acids is 1. The van der Waals surface area contributed by atoms with Gasteiger partial charge < -0.3 is 15.2 Å². The highest BCUT2D eigenvalue weighted by Crippen LogP contribution is 2.24. The highest BCUT2D eigenvalue weighted by atomic mass is 16.6. The van der Waals surface area contributed by atoms with Crippen molar-refractivity contribution in [3.8, 4) is 5.75 Å². The predicted molar refractivity (Wildman–Crippen MR) is 68.8 cm³/mol. The Morgan fingerprint density at radius 2 is 2.15 bits per heavy atom. The molecular formula is C12H14N2O6. The summed E-state index contributed by atoms with van der Waals surface area (Å²) in [5.41, 5.74) is -0.544. The number of amides is 1. The van der Waals surface area contributed by atoms with Gasteiger partial charge in [0.1, 0.15) is 11.3 Å². The van der Waals surface area contributed by atoms with Crippen LogP contribution in [0, 0.1) is 10.1 Å². The van der Waals surface area contributed by atoms with Gasteiger partial charge in [-0.15, -0.1) is 0 Å². The molecule has 0 radical (unpaired) electrons. The predicted octanol–water partition coefficient (Wildman–Crippen LogP) is 1.20. The minimum absolute atomic E-state index is 0.174. The van der Waals surface area contributed by atoms with E-state index in [9.17, 15) is 19.7 Å². The fourth-order valence-corrected chi connectivity index (χ4v) is 1.60. The summed E-state index contributed by atoms with van der Waals surface area (Å²) < 4.78 is 4.91. The van der Waals surface area contributed by atoms with Crippen LogP contribution in [-0.4, -0.2) is 35.1 Å². The van der Waals surface area contributed by atoms with E-state index in [4.69, 9.17) is 9.84 Å². The third-order valence-electron chi connectivity index (χ3n) is 2.50. The molecule has 8 nitrogen and oxygen atoms in total. The standard InChI is InChI=1S/C12H14N2O6/c1-7(5-11(15)16)13-12(17)9-6-8(20-2)3-4-10(9)14(18)19/h3-4,6-7H,5H2,1-2H3,(H,13,17)(H,15,16).